The fourth-order valence-corrected chi connectivity index (χ4v) is 2.51. The van der Waals surface area contributed by atoms with Gasteiger partial charge in [0.25, 0.3) is 0 Å². The number of aromatic nitrogens is 1. The molecule has 0 radical (unpaired) electrons. The summed E-state index contributed by atoms with van der Waals surface area (Å²) >= 11 is 0. The molecule has 5 nitrogen and oxygen atoms in total. The number of rotatable bonds is 4. The van der Waals surface area contributed by atoms with Crippen LogP contribution in [0, 0.1) is 6.92 Å². The number of hydrogen-bond acceptors (Lipinski definition) is 4. The summed E-state index contributed by atoms with van der Waals surface area (Å²) in [5.41, 5.74) is 1.71. The Bertz CT molecular complexity index is 470. The fraction of sp³-hybridized carbons (Fsp3) is 0.600. The van der Waals surface area contributed by atoms with Crippen LogP contribution in [-0.2, 0) is 4.79 Å². The number of carbonyl (C=O) groups is 1. The number of ether oxygens (including phenoxy) is 1. The first-order valence-electron chi connectivity index (χ1n) is 7.18. The molecule has 1 aliphatic heterocycles. The standard InChI is InChI=1S/C15H23N3O2/c1-11-9-13(14(20-3)10-16-11)17-12(2)15(19)18-7-5-4-6-8-18/h9-10,12H,4-8H2,1-3H3,(H,16,17). The highest BCUT2D eigenvalue weighted by atomic mass is 16.5. The second-order valence-electron chi connectivity index (χ2n) is 5.28. The molecule has 5 heteroatoms. The Morgan fingerprint density at radius 3 is 2.75 bits per heavy atom. The third-order valence-corrected chi connectivity index (χ3v) is 3.63. The third-order valence-electron chi connectivity index (χ3n) is 3.63. The van der Waals surface area contributed by atoms with E-state index in [-0.39, 0.29) is 11.9 Å². The van der Waals surface area contributed by atoms with Crippen molar-refractivity contribution in [3.63, 3.8) is 0 Å². The monoisotopic (exact) mass is 277 g/mol. The summed E-state index contributed by atoms with van der Waals surface area (Å²) in [5, 5.41) is 3.24. The van der Waals surface area contributed by atoms with Gasteiger partial charge >= 0.3 is 0 Å². The predicted molar refractivity (Wildman–Crippen MR) is 79.0 cm³/mol. The molecule has 0 saturated carbocycles. The van der Waals surface area contributed by atoms with Gasteiger partial charge < -0.3 is 15.0 Å². The SMILES string of the molecule is COc1cnc(C)cc1NC(C)C(=O)N1CCCCC1. The number of anilines is 1. The van der Waals surface area contributed by atoms with Crippen LogP contribution in [0.5, 0.6) is 5.75 Å². The molecule has 110 valence electrons. The first-order chi connectivity index (χ1) is 9.61. The quantitative estimate of drug-likeness (QED) is 0.917. The molecule has 20 heavy (non-hydrogen) atoms. The summed E-state index contributed by atoms with van der Waals surface area (Å²) in [6.07, 6.45) is 5.12. The van der Waals surface area contributed by atoms with Gasteiger partial charge in [-0.3, -0.25) is 9.78 Å². The van der Waals surface area contributed by atoms with E-state index in [4.69, 9.17) is 4.74 Å². The molecule has 0 aliphatic carbocycles. The minimum Gasteiger partial charge on any atom is -0.493 e. The number of methoxy groups -OCH3 is 1. The number of nitrogens with one attached hydrogen (secondary N) is 1. The van der Waals surface area contributed by atoms with E-state index in [2.05, 4.69) is 10.3 Å². The predicted octanol–water partition coefficient (Wildman–Crippen LogP) is 2.21. The van der Waals surface area contributed by atoms with Crippen LogP contribution in [0.15, 0.2) is 12.3 Å². The van der Waals surface area contributed by atoms with Crippen LogP contribution in [0.3, 0.4) is 0 Å². The number of nitrogens with zero attached hydrogens (tertiary/aromatic N) is 2. The number of hydrogen-bond donors (Lipinski definition) is 1. The number of amides is 1. The van der Waals surface area contributed by atoms with Crippen molar-refractivity contribution < 1.29 is 9.53 Å². The van der Waals surface area contributed by atoms with Gasteiger partial charge in [-0.25, -0.2) is 0 Å². The Labute approximate surface area is 120 Å². The van der Waals surface area contributed by atoms with E-state index < -0.39 is 0 Å². The van der Waals surface area contributed by atoms with Gasteiger partial charge in [0.15, 0.2) is 5.75 Å². The summed E-state index contributed by atoms with van der Waals surface area (Å²) in [4.78, 5) is 18.5. The lowest BCUT2D eigenvalue weighted by Crippen LogP contribution is -2.43. The zero-order chi connectivity index (χ0) is 14.5. The van der Waals surface area contributed by atoms with Crippen molar-refractivity contribution in [2.45, 2.75) is 39.2 Å². The second-order valence-corrected chi connectivity index (χ2v) is 5.28. The van der Waals surface area contributed by atoms with E-state index in [1.54, 1.807) is 13.3 Å². The van der Waals surface area contributed by atoms with E-state index in [9.17, 15) is 4.79 Å². The first-order valence-corrected chi connectivity index (χ1v) is 7.18. The molecule has 1 aliphatic rings. The van der Waals surface area contributed by atoms with Gasteiger partial charge in [0, 0.05) is 18.8 Å². The van der Waals surface area contributed by atoms with Crippen molar-refractivity contribution in [2.24, 2.45) is 0 Å². The summed E-state index contributed by atoms with van der Waals surface area (Å²) in [6.45, 7) is 5.56. The van der Waals surface area contributed by atoms with Crippen molar-refractivity contribution in [3.8, 4) is 5.75 Å². The Morgan fingerprint density at radius 1 is 1.40 bits per heavy atom. The Kier molecular flexibility index (Phi) is 4.82. The Balaban J connectivity index is 2.04. The van der Waals surface area contributed by atoms with Crippen molar-refractivity contribution in [2.75, 3.05) is 25.5 Å². The molecule has 0 aromatic carbocycles. The lowest BCUT2D eigenvalue weighted by atomic mass is 10.1. The maximum Gasteiger partial charge on any atom is 0.244 e. The van der Waals surface area contributed by atoms with E-state index in [0.717, 1.165) is 37.3 Å². The lowest BCUT2D eigenvalue weighted by molar-refractivity contribution is -0.132. The van der Waals surface area contributed by atoms with Crippen molar-refractivity contribution >= 4 is 11.6 Å². The van der Waals surface area contributed by atoms with Gasteiger partial charge in [-0.1, -0.05) is 0 Å². The molecule has 1 amide bonds. The zero-order valence-corrected chi connectivity index (χ0v) is 12.5. The van der Waals surface area contributed by atoms with Gasteiger partial charge in [0.2, 0.25) is 5.91 Å². The maximum absolute atomic E-state index is 12.4. The molecular formula is C15H23N3O2. The third kappa shape index (κ3) is 3.40. The van der Waals surface area contributed by atoms with Crippen LogP contribution in [0.4, 0.5) is 5.69 Å². The topological polar surface area (TPSA) is 54.5 Å². The first kappa shape index (κ1) is 14.6. The molecule has 1 unspecified atom stereocenters. The number of carbonyl (C=O) groups excluding carboxylic acids is 1. The minimum atomic E-state index is -0.260. The number of pyridine rings is 1. The average Bonchev–Trinajstić information content (AvgIpc) is 2.47. The van der Waals surface area contributed by atoms with Crippen LogP contribution in [-0.4, -0.2) is 42.0 Å². The Morgan fingerprint density at radius 2 is 2.10 bits per heavy atom. The van der Waals surface area contributed by atoms with E-state index in [1.807, 2.05) is 24.8 Å². The molecule has 1 aromatic heterocycles. The van der Waals surface area contributed by atoms with E-state index in [1.165, 1.54) is 6.42 Å². The summed E-state index contributed by atoms with van der Waals surface area (Å²) in [7, 11) is 1.61. The zero-order valence-electron chi connectivity index (χ0n) is 12.5. The van der Waals surface area contributed by atoms with Gasteiger partial charge in [-0.2, -0.15) is 0 Å². The highest BCUT2D eigenvalue weighted by molar-refractivity contribution is 5.84. The smallest absolute Gasteiger partial charge is 0.244 e. The molecule has 1 aromatic rings. The van der Waals surface area contributed by atoms with Crippen LogP contribution < -0.4 is 10.1 Å². The van der Waals surface area contributed by atoms with Crippen molar-refractivity contribution in [1.29, 1.82) is 0 Å². The van der Waals surface area contributed by atoms with E-state index >= 15 is 0 Å². The molecule has 1 N–H and O–H groups in total. The lowest BCUT2D eigenvalue weighted by Gasteiger charge is -2.30. The number of aryl methyl sites for hydroxylation is 1. The molecule has 2 rings (SSSR count). The molecule has 1 fully saturated rings. The Hall–Kier alpha value is -1.78. The molecule has 0 spiro atoms. The highest BCUT2D eigenvalue weighted by Gasteiger charge is 2.22. The molecular weight excluding hydrogens is 254 g/mol. The van der Waals surface area contributed by atoms with Crippen LogP contribution in [0.1, 0.15) is 31.9 Å². The van der Waals surface area contributed by atoms with E-state index in [0.29, 0.717) is 5.75 Å². The second kappa shape index (κ2) is 6.59. The number of piperidine rings is 1. The normalized spacial score (nSPS) is 16.6. The molecule has 2 heterocycles. The highest BCUT2D eigenvalue weighted by Crippen LogP contribution is 2.24. The summed E-state index contributed by atoms with van der Waals surface area (Å²) in [5.74, 6) is 0.815. The van der Waals surface area contributed by atoms with Crippen molar-refractivity contribution in [1.82, 2.24) is 9.88 Å². The van der Waals surface area contributed by atoms with Gasteiger partial charge in [-0.15, -0.1) is 0 Å². The number of likely N-dealkylation sites (tertiary alicyclic amines) is 1. The van der Waals surface area contributed by atoms with Gasteiger partial charge in [0.05, 0.1) is 19.0 Å². The summed E-state index contributed by atoms with van der Waals surface area (Å²) < 4.78 is 5.28. The van der Waals surface area contributed by atoms with Gasteiger partial charge in [0.1, 0.15) is 6.04 Å². The minimum absolute atomic E-state index is 0.154. The van der Waals surface area contributed by atoms with Gasteiger partial charge in [-0.05, 0) is 39.2 Å². The molecule has 1 atom stereocenters. The van der Waals surface area contributed by atoms with Crippen LogP contribution in [0.2, 0.25) is 0 Å². The molecule has 1 saturated heterocycles. The molecule has 0 bridgehead atoms. The maximum atomic E-state index is 12.4. The van der Waals surface area contributed by atoms with Crippen LogP contribution >= 0.6 is 0 Å². The average molecular weight is 277 g/mol. The fourth-order valence-electron chi connectivity index (χ4n) is 2.51. The largest absolute Gasteiger partial charge is 0.493 e. The summed E-state index contributed by atoms with van der Waals surface area (Å²) in [6, 6.07) is 1.64. The van der Waals surface area contributed by atoms with Crippen molar-refractivity contribution in [3.05, 3.63) is 18.0 Å². The van der Waals surface area contributed by atoms with Crippen LogP contribution in [0.25, 0.3) is 0 Å².